The van der Waals surface area contributed by atoms with Crippen LogP contribution in [0.15, 0.2) is 48.5 Å². The molecular weight excluding hydrogens is 510 g/mol. The van der Waals surface area contributed by atoms with Gasteiger partial charge in [-0.25, -0.2) is 0 Å². The summed E-state index contributed by atoms with van der Waals surface area (Å²) >= 11 is 11.5. The third-order valence-corrected chi connectivity index (χ3v) is 6.70. The largest absolute Gasteiger partial charge is 0.466 e. The lowest BCUT2D eigenvalue weighted by Crippen LogP contribution is -2.36. The van der Waals surface area contributed by atoms with E-state index < -0.39 is 0 Å². The number of carbonyl (C=O) groups is 3. The molecule has 1 aliphatic rings. The molecule has 2 amide bonds. The number of hydrogen-bond donors (Lipinski definition) is 3. The number of halogens is 1. The van der Waals surface area contributed by atoms with Gasteiger partial charge in [0.25, 0.3) is 5.91 Å². The SMILES string of the molecule is O=C(CCCC(=O)OCCCc1ccccc1)NC(=S)Nc1ccc(Cl)c(C(=O)NC2CCCCC2)c1. The van der Waals surface area contributed by atoms with Crippen LogP contribution in [0.4, 0.5) is 5.69 Å². The maximum absolute atomic E-state index is 12.7. The molecule has 3 N–H and O–H groups in total. The Bertz CT molecular complexity index is 1070. The summed E-state index contributed by atoms with van der Waals surface area (Å²) in [6.07, 6.45) is 7.65. The molecule has 7 nitrogen and oxygen atoms in total. The molecule has 0 spiro atoms. The van der Waals surface area contributed by atoms with Crippen LogP contribution in [0.1, 0.15) is 73.7 Å². The summed E-state index contributed by atoms with van der Waals surface area (Å²) in [5.41, 5.74) is 2.11. The van der Waals surface area contributed by atoms with Crippen LogP contribution in [0.2, 0.25) is 5.02 Å². The quantitative estimate of drug-likeness (QED) is 0.195. The highest BCUT2D eigenvalue weighted by Gasteiger charge is 2.19. The lowest BCUT2D eigenvalue weighted by Gasteiger charge is -2.23. The molecule has 0 saturated heterocycles. The lowest BCUT2D eigenvalue weighted by molar-refractivity contribution is -0.143. The predicted octanol–water partition coefficient (Wildman–Crippen LogP) is 5.56. The van der Waals surface area contributed by atoms with Crippen molar-refractivity contribution in [3.63, 3.8) is 0 Å². The summed E-state index contributed by atoms with van der Waals surface area (Å²) < 4.78 is 5.24. The Hall–Kier alpha value is -2.97. The van der Waals surface area contributed by atoms with Crippen molar-refractivity contribution in [3.05, 3.63) is 64.7 Å². The van der Waals surface area contributed by atoms with Crippen molar-refractivity contribution in [3.8, 4) is 0 Å². The molecule has 37 heavy (non-hydrogen) atoms. The number of thiocarbonyl (C=S) groups is 1. The van der Waals surface area contributed by atoms with Crippen LogP contribution >= 0.6 is 23.8 Å². The van der Waals surface area contributed by atoms with Crippen LogP contribution in [0.5, 0.6) is 0 Å². The van der Waals surface area contributed by atoms with Gasteiger partial charge in [-0.3, -0.25) is 14.4 Å². The predicted molar refractivity (Wildman–Crippen MR) is 150 cm³/mol. The van der Waals surface area contributed by atoms with Crippen molar-refractivity contribution >= 4 is 52.4 Å². The molecule has 0 aliphatic heterocycles. The van der Waals surface area contributed by atoms with Crippen LogP contribution < -0.4 is 16.0 Å². The molecule has 0 bridgehead atoms. The molecule has 198 valence electrons. The van der Waals surface area contributed by atoms with Gasteiger partial charge in [0, 0.05) is 24.6 Å². The number of esters is 1. The number of aryl methyl sites for hydroxylation is 1. The zero-order valence-corrected chi connectivity index (χ0v) is 22.5. The summed E-state index contributed by atoms with van der Waals surface area (Å²) in [5, 5.41) is 9.02. The summed E-state index contributed by atoms with van der Waals surface area (Å²) in [4.78, 5) is 36.8. The Morgan fingerprint density at radius 1 is 0.973 bits per heavy atom. The highest BCUT2D eigenvalue weighted by molar-refractivity contribution is 7.80. The Balaban J connectivity index is 1.33. The minimum Gasteiger partial charge on any atom is -0.466 e. The number of carbonyl (C=O) groups excluding carboxylic acids is 3. The van der Waals surface area contributed by atoms with Gasteiger partial charge in [0.1, 0.15) is 0 Å². The second-order valence-corrected chi connectivity index (χ2v) is 9.98. The fraction of sp³-hybridized carbons (Fsp3) is 0.429. The van der Waals surface area contributed by atoms with Crippen molar-refractivity contribution in [1.29, 1.82) is 0 Å². The highest BCUT2D eigenvalue weighted by atomic mass is 35.5. The minimum absolute atomic E-state index is 0.106. The Kier molecular flexibility index (Phi) is 11.8. The van der Waals surface area contributed by atoms with Gasteiger partial charge >= 0.3 is 5.97 Å². The number of ether oxygens (including phenoxy) is 1. The number of hydrogen-bond acceptors (Lipinski definition) is 5. The second kappa shape index (κ2) is 15.3. The van der Waals surface area contributed by atoms with Crippen LogP contribution in [0.3, 0.4) is 0 Å². The van der Waals surface area contributed by atoms with Gasteiger partial charge in [-0.15, -0.1) is 0 Å². The van der Waals surface area contributed by atoms with Crippen LogP contribution in [-0.4, -0.2) is 35.5 Å². The van der Waals surface area contributed by atoms with Crippen molar-refractivity contribution in [1.82, 2.24) is 10.6 Å². The molecule has 0 heterocycles. The van der Waals surface area contributed by atoms with Crippen LogP contribution in [-0.2, 0) is 20.7 Å². The summed E-state index contributed by atoms with van der Waals surface area (Å²) in [6.45, 7) is 0.357. The Morgan fingerprint density at radius 2 is 1.73 bits per heavy atom. The van der Waals surface area contributed by atoms with E-state index in [9.17, 15) is 14.4 Å². The maximum Gasteiger partial charge on any atom is 0.305 e. The van der Waals surface area contributed by atoms with Gasteiger partial charge in [-0.05, 0) is 68.1 Å². The standard InChI is InChI=1S/C28H34ClN3O4S/c29-24-17-16-22(19-23(24)27(35)30-21-12-5-2-6-13-21)31-28(37)32-25(33)14-7-15-26(34)36-18-8-11-20-9-3-1-4-10-20/h1,3-4,9-10,16-17,19,21H,2,5-8,11-15,18H2,(H,30,35)(H2,31,32,33,37). The Morgan fingerprint density at radius 3 is 2.49 bits per heavy atom. The van der Waals surface area contributed by atoms with Gasteiger partial charge in [0.15, 0.2) is 5.11 Å². The van der Waals surface area contributed by atoms with Gasteiger partial charge in [-0.1, -0.05) is 61.2 Å². The third-order valence-electron chi connectivity index (χ3n) is 6.16. The van der Waals surface area contributed by atoms with Crippen molar-refractivity contribution in [2.45, 2.75) is 70.3 Å². The first-order valence-electron chi connectivity index (χ1n) is 12.8. The molecule has 1 saturated carbocycles. The number of benzene rings is 2. The van der Waals surface area contributed by atoms with Gasteiger partial charge in [-0.2, -0.15) is 0 Å². The van der Waals surface area contributed by atoms with E-state index >= 15 is 0 Å². The fourth-order valence-electron chi connectivity index (χ4n) is 4.21. The van der Waals surface area contributed by atoms with Crippen molar-refractivity contribution in [2.75, 3.05) is 11.9 Å². The molecule has 2 aromatic rings. The first kappa shape index (κ1) is 28.6. The molecule has 0 unspecified atom stereocenters. The average Bonchev–Trinajstić information content (AvgIpc) is 2.89. The molecule has 0 atom stereocenters. The zero-order chi connectivity index (χ0) is 26.5. The van der Waals surface area contributed by atoms with E-state index in [2.05, 4.69) is 16.0 Å². The van der Waals surface area contributed by atoms with E-state index in [0.717, 1.165) is 38.5 Å². The summed E-state index contributed by atoms with van der Waals surface area (Å²) in [7, 11) is 0. The normalized spacial score (nSPS) is 13.4. The molecule has 3 rings (SSSR count). The topological polar surface area (TPSA) is 96.5 Å². The van der Waals surface area contributed by atoms with Gasteiger partial charge in [0.2, 0.25) is 5.91 Å². The zero-order valence-electron chi connectivity index (χ0n) is 20.9. The van der Waals surface area contributed by atoms with E-state index in [-0.39, 0.29) is 41.8 Å². The monoisotopic (exact) mass is 543 g/mol. The first-order chi connectivity index (χ1) is 17.9. The van der Waals surface area contributed by atoms with E-state index in [0.29, 0.717) is 29.3 Å². The molecule has 2 aromatic carbocycles. The van der Waals surface area contributed by atoms with E-state index in [1.54, 1.807) is 18.2 Å². The minimum atomic E-state index is -0.318. The summed E-state index contributed by atoms with van der Waals surface area (Å²) in [6, 6.07) is 15.1. The maximum atomic E-state index is 12.7. The molecule has 0 radical (unpaired) electrons. The smallest absolute Gasteiger partial charge is 0.305 e. The molecule has 9 heteroatoms. The average molecular weight is 544 g/mol. The lowest BCUT2D eigenvalue weighted by atomic mass is 9.95. The molecular formula is C28H34ClN3O4S. The Labute approximate surface area is 228 Å². The molecule has 1 aliphatic carbocycles. The number of rotatable bonds is 11. The number of anilines is 1. The highest BCUT2D eigenvalue weighted by Crippen LogP contribution is 2.23. The van der Waals surface area contributed by atoms with Crippen LogP contribution in [0, 0.1) is 0 Å². The van der Waals surface area contributed by atoms with E-state index in [4.69, 9.17) is 28.6 Å². The molecule has 0 aromatic heterocycles. The number of nitrogens with one attached hydrogen (secondary N) is 3. The third kappa shape index (κ3) is 10.5. The number of amides is 2. The van der Waals surface area contributed by atoms with Crippen LogP contribution in [0.25, 0.3) is 0 Å². The second-order valence-electron chi connectivity index (χ2n) is 9.17. The summed E-state index contributed by atoms with van der Waals surface area (Å²) in [5.74, 6) is -0.845. The van der Waals surface area contributed by atoms with Crippen molar-refractivity contribution in [2.24, 2.45) is 0 Å². The fourth-order valence-corrected chi connectivity index (χ4v) is 4.65. The van der Waals surface area contributed by atoms with Crippen molar-refractivity contribution < 1.29 is 19.1 Å². The van der Waals surface area contributed by atoms with E-state index in [1.165, 1.54) is 12.0 Å². The van der Waals surface area contributed by atoms with E-state index in [1.807, 2.05) is 30.3 Å². The van der Waals surface area contributed by atoms with Gasteiger partial charge in [0.05, 0.1) is 17.2 Å². The first-order valence-corrected chi connectivity index (χ1v) is 13.6. The van der Waals surface area contributed by atoms with Gasteiger partial charge < -0.3 is 20.7 Å². The molecule has 1 fully saturated rings.